The average Bonchev–Trinajstić information content (AvgIpc) is 3.47. The lowest BCUT2D eigenvalue weighted by Gasteiger charge is -2.18. The molecule has 82 heavy (non-hydrogen) atoms. The normalized spacial score (nSPS) is 12.7. The van der Waals surface area contributed by atoms with Crippen molar-refractivity contribution in [2.45, 2.75) is 354 Å². The van der Waals surface area contributed by atoms with E-state index in [9.17, 15) is 14.4 Å². The fourth-order valence-corrected chi connectivity index (χ4v) is 10.0. The van der Waals surface area contributed by atoms with E-state index in [1.54, 1.807) is 0 Å². The Hall–Kier alpha value is -3.67. The molecule has 6 nitrogen and oxygen atoms in total. The van der Waals surface area contributed by atoms with Crippen LogP contribution in [0.2, 0.25) is 0 Å². The zero-order valence-electron chi connectivity index (χ0n) is 54.2. The Morgan fingerprint density at radius 1 is 0.256 bits per heavy atom. The van der Waals surface area contributed by atoms with Crippen molar-refractivity contribution in [2.75, 3.05) is 13.2 Å². The first-order chi connectivity index (χ1) is 40.5. The summed E-state index contributed by atoms with van der Waals surface area (Å²) in [6, 6.07) is 0. The molecular formula is C76H132O6. The lowest BCUT2D eigenvalue weighted by molar-refractivity contribution is -0.167. The van der Waals surface area contributed by atoms with Gasteiger partial charge in [-0.2, -0.15) is 0 Å². The number of carbonyl (C=O) groups is 3. The summed E-state index contributed by atoms with van der Waals surface area (Å²) < 4.78 is 17.0. The number of unbranched alkanes of at least 4 members (excludes halogenated alkanes) is 37. The smallest absolute Gasteiger partial charge is 0.306 e. The molecule has 0 aliphatic carbocycles. The van der Waals surface area contributed by atoms with Crippen molar-refractivity contribution in [3.8, 4) is 0 Å². The van der Waals surface area contributed by atoms with E-state index < -0.39 is 6.10 Å². The topological polar surface area (TPSA) is 78.9 Å². The van der Waals surface area contributed by atoms with Gasteiger partial charge < -0.3 is 14.2 Å². The lowest BCUT2D eigenvalue weighted by Crippen LogP contribution is -2.30. The summed E-state index contributed by atoms with van der Waals surface area (Å²) in [6.07, 6.45) is 94.2. The summed E-state index contributed by atoms with van der Waals surface area (Å²) in [4.78, 5) is 38.5. The second-order valence-corrected chi connectivity index (χ2v) is 23.4. The molecule has 0 spiro atoms. The van der Waals surface area contributed by atoms with Crippen LogP contribution < -0.4 is 0 Å². The molecule has 0 amide bonds. The highest BCUT2D eigenvalue weighted by atomic mass is 16.6. The fraction of sp³-hybridized carbons (Fsp3) is 0.750. The van der Waals surface area contributed by atoms with Gasteiger partial charge in [0.15, 0.2) is 6.10 Å². The van der Waals surface area contributed by atoms with Gasteiger partial charge in [-0.25, -0.2) is 0 Å². The molecule has 0 fully saturated rings. The summed E-state index contributed by atoms with van der Waals surface area (Å²) in [5.74, 6) is -0.884. The second-order valence-electron chi connectivity index (χ2n) is 23.4. The molecule has 0 N–H and O–H groups in total. The first-order valence-electron chi connectivity index (χ1n) is 35.2. The second kappa shape index (κ2) is 69.8. The minimum atomic E-state index is -0.788. The van der Waals surface area contributed by atoms with E-state index in [2.05, 4.69) is 118 Å². The van der Waals surface area contributed by atoms with Crippen molar-refractivity contribution in [1.82, 2.24) is 0 Å². The summed E-state index contributed by atoms with van der Waals surface area (Å²) in [7, 11) is 0. The predicted octanol–water partition coefficient (Wildman–Crippen LogP) is 24.4. The van der Waals surface area contributed by atoms with Crippen molar-refractivity contribution in [1.29, 1.82) is 0 Å². The van der Waals surface area contributed by atoms with Crippen molar-refractivity contribution < 1.29 is 28.6 Å². The number of rotatable bonds is 64. The highest BCUT2D eigenvalue weighted by Gasteiger charge is 2.19. The van der Waals surface area contributed by atoms with E-state index in [0.717, 1.165) is 109 Å². The van der Waals surface area contributed by atoms with Gasteiger partial charge in [0.1, 0.15) is 13.2 Å². The first kappa shape index (κ1) is 78.3. The van der Waals surface area contributed by atoms with Crippen LogP contribution in [0.3, 0.4) is 0 Å². The summed E-state index contributed by atoms with van der Waals surface area (Å²) in [5.41, 5.74) is 0. The molecule has 0 aromatic heterocycles. The molecule has 0 saturated heterocycles. The van der Waals surface area contributed by atoms with Crippen LogP contribution >= 0.6 is 0 Å². The van der Waals surface area contributed by atoms with Crippen LogP contribution in [-0.4, -0.2) is 37.2 Å². The van der Waals surface area contributed by atoms with Crippen LogP contribution in [-0.2, 0) is 28.6 Å². The number of esters is 3. The maximum atomic E-state index is 13.0. The van der Waals surface area contributed by atoms with E-state index in [-0.39, 0.29) is 31.1 Å². The minimum Gasteiger partial charge on any atom is -0.462 e. The molecule has 0 aliphatic heterocycles. The zero-order valence-corrected chi connectivity index (χ0v) is 54.2. The van der Waals surface area contributed by atoms with Crippen LogP contribution in [0.5, 0.6) is 0 Å². The van der Waals surface area contributed by atoms with Crippen LogP contribution in [0.15, 0.2) is 97.2 Å². The van der Waals surface area contributed by atoms with Crippen molar-refractivity contribution in [2.24, 2.45) is 0 Å². The SMILES string of the molecule is CC/C=C\C/C=C\C/C=C\C/C=C\CCCCCCCCCCCCCCC(=O)OCC(COC(=O)CCCCCCC/C=C\CCCCCCCCC)OC(=O)CCCCCCCCCC/C=C\C/C=C\C/C=C\CCCCCCC. The van der Waals surface area contributed by atoms with E-state index in [4.69, 9.17) is 14.2 Å². The van der Waals surface area contributed by atoms with Gasteiger partial charge in [0.2, 0.25) is 0 Å². The molecule has 0 aromatic carbocycles. The van der Waals surface area contributed by atoms with Gasteiger partial charge in [0.25, 0.3) is 0 Å². The molecule has 6 heteroatoms. The summed E-state index contributed by atoms with van der Waals surface area (Å²) >= 11 is 0. The van der Waals surface area contributed by atoms with Gasteiger partial charge in [-0.3, -0.25) is 14.4 Å². The van der Waals surface area contributed by atoms with Crippen LogP contribution in [0.4, 0.5) is 0 Å². The van der Waals surface area contributed by atoms with Gasteiger partial charge in [0, 0.05) is 19.3 Å². The molecule has 0 aromatic rings. The summed E-state index contributed by atoms with van der Waals surface area (Å²) in [6.45, 7) is 6.54. The van der Waals surface area contributed by atoms with E-state index in [0.29, 0.717) is 19.3 Å². The largest absolute Gasteiger partial charge is 0.462 e. The van der Waals surface area contributed by atoms with Gasteiger partial charge in [-0.15, -0.1) is 0 Å². The molecular weight excluding hydrogens is 1010 g/mol. The van der Waals surface area contributed by atoms with Crippen LogP contribution in [0.1, 0.15) is 348 Å². The molecule has 0 saturated carbocycles. The fourth-order valence-electron chi connectivity index (χ4n) is 10.0. The Morgan fingerprint density at radius 3 is 0.756 bits per heavy atom. The molecule has 1 atom stereocenters. The third-order valence-corrected chi connectivity index (χ3v) is 15.3. The van der Waals surface area contributed by atoms with E-state index in [1.165, 1.54) is 199 Å². The number of carbonyl (C=O) groups excluding carboxylic acids is 3. The van der Waals surface area contributed by atoms with Gasteiger partial charge in [0.05, 0.1) is 0 Å². The maximum absolute atomic E-state index is 13.0. The van der Waals surface area contributed by atoms with E-state index >= 15 is 0 Å². The Morgan fingerprint density at radius 2 is 0.476 bits per heavy atom. The standard InChI is InChI=1S/C76H132O6/c1-4-7-10-13-16-19-22-25-28-31-33-35-37-38-40-41-43-45-48-51-54-57-60-63-66-69-75(78)81-72-73(71-80-74(77)68-65-62-59-56-53-50-47-30-27-24-21-18-15-12-9-6-3)82-76(79)70-67-64-61-58-55-52-49-46-44-42-39-36-34-32-29-26-23-20-17-14-11-8-5-2/h7,10,16,19,23,25-26,28,30,32-35,39,42,47,73H,4-6,8-9,11-15,17-18,20-22,24,27,29,31,36-38,40-41,43-46,48-72H2,1-3H3/b10-7-,19-16-,26-23-,28-25-,34-32-,35-33-,42-39-,47-30-. The highest BCUT2D eigenvalue weighted by molar-refractivity contribution is 5.71. The first-order valence-corrected chi connectivity index (χ1v) is 35.2. The van der Waals surface area contributed by atoms with Crippen molar-refractivity contribution in [3.63, 3.8) is 0 Å². The Kier molecular flexibility index (Phi) is 66.7. The molecule has 0 rings (SSSR count). The van der Waals surface area contributed by atoms with E-state index in [1.807, 2.05) is 0 Å². The lowest BCUT2D eigenvalue weighted by atomic mass is 10.0. The number of hydrogen-bond acceptors (Lipinski definition) is 6. The Labute approximate surface area is 508 Å². The van der Waals surface area contributed by atoms with Gasteiger partial charge >= 0.3 is 17.9 Å². The van der Waals surface area contributed by atoms with Gasteiger partial charge in [-0.1, -0.05) is 304 Å². The summed E-state index contributed by atoms with van der Waals surface area (Å²) in [5, 5.41) is 0. The number of ether oxygens (including phenoxy) is 3. The maximum Gasteiger partial charge on any atom is 0.306 e. The molecule has 0 aliphatic rings. The third-order valence-electron chi connectivity index (χ3n) is 15.3. The van der Waals surface area contributed by atoms with Crippen molar-refractivity contribution in [3.05, 3.63) is 97.2 Å². The molecule has 472 valence electrons. The van der Waals surface area contributed by atoms with Gasteiger partial charge in [-0.05, 0) is 122 Å². The molecule has 1 unspecified atom stereocenters. The Balaban J connectivity index is 4.36. The number of hydrogen-bond donors (Lipinski definition) is 0. The molecule has 0 radical (unpaired) electrons. The van der Waals surface area contributed by atoms with Crippen LogP contribution in [0.25, 0.3) is 0 Å². The number of allylic oxidation sites excluding steroid dienone is 16. The molecule has 0 bridgehead atoms. The predicted molar refractivity (Wildman–Crippen MR) is 357 cm³/mol. The molecule has 0 heterocycles. The Bertz CT molecular complexity index is 1590. The quantitative estimate of drug-likeness (QED) is 0.0261. The monoisotopic (exact) mass is 1140 g/mol. The minimum absolute atomic E-state index is 0.0826. The third kappa shape index (κ3) is 67.1. The average molecular weight is 1140 g/mol. The zero-order chi connectivity index (χ0) is 59.2. The van der Waals surface area contributed by atoms with Crippen molar-refractivity contribution >= 4 is 17.9 Å². The highest BCUT2D eigenvalue weighted by Crippen LogP contribution is 2.17. The van der Waals surface area contributed by atoms with Crippen LogP contribution in [0, 0.1) is 0 Å².